The summed E-state index contributed by atoms with van der Waals surface area (Å²) in [6, 6.07) is 1.81. The molecule has 0 aliphatic carbocycles. The Hall–Kier alpha value is -1.66. The minimum Gasteiger partial charge on any atom is -0.472 e. The SMILES string of the molecule is CCN(CC(C)(C)O)C(=O)c1csc(-c2ccoc2)n1. The number of thiazole rings is 1. The van der Waals surface area contributed by atoms with Gasteiger partial charge in [0, 0.05) is 24.0 Å². The van der Waals surface area contributed by atoms with Crippen molar-refractivity contribution in [3.63, 3.8) is 0 Å². The van der Waals surface area contributed by atoms with Crippen LogP contribution < -0.4 is 0 Å². The fourth-order valence-electron chi connectivity index (χ4n) is 1.85. The van der Waals surface area contributed by atoms with Gasteiger partial charge in [-0.15, -0.1) is 11.3 Å². The molecule has 0 radical (unpaired) electrons. The molecule has 0 aliphatic rings. The van der Waals surface area contributed by atoms with Crippen molar-refractivity contribution in [3.8, 4) is 10.6 Å². The monoisotopic (exact) mass is 294 g/mol. The summed E-state index contributed by atoms with van der Waals surface area (Å²) in [5.74, 6) is -0.166. The standard InChI is InChI=1S/C14H18N2O3S/c1-4-16(9-14(2,3)18)13(17)11-8-20-12(15-11)10-5-6-19-7-10/h5-8,18H,4,9H2,1-3H3. The van der Waals surface area contributed by atoms with Crippen LogP contribution >= 0.6 is 11.3 Å². The van der Waals surface area contributed by atoms with Gasteiger partial charge in [0.15, 0.2) is 0 Å². The normalized spacial score (nSPS) is 11.6. The zero-order valence-corrected chi connectivity index (χ0v) is 12.6. The quantitative estimate of drug-likeness (QED) is 0.920. The van der Waals surface area contributed by atoms with Crippen molar-refractivity contribution in [3.05, 3.63) is 29.7 Å². The molecule has 1 amide bonds. The molecule has 0 fully saturated rings. The van der Waals surface area contributed by atoms with Crippen LogP contribution in [-0.2, 0) is 0 Å². The average Bonchev–Trinajstić information content (AvgIpc) is 3.03. The van der Waals surface area contributed by atoms with Crippen LogP contribution in [0.3, 0.4) is 0 Å². The van der Waals surface area contributed by atoms with Gasteiger partial charge in [0.05, 0.1) is 11.9 Å². The topological polar surface area (TPSA) is 66.6 Å². The third kappa shape index (κ3) is 3.46. The van der Waals surface area contributed by atoms with Gasteiger partial charge in [0.2, 0.25) is 0 Å². The van der Waals surface area contributed by atoms with Crippen LogP contribution in [0.25, 0.3) is 10.6 Å². The van der Waals surface area contributed by atoms with Crippen LogP contribution in [0.4, 0.5) is 0 Å². The van der Waals surface area contributed by atoms with Crippen molar-refractivity contribution < 1.29 is 14.3 Å². The van der Waals surface area contributed by atoms with E-state index >= 15 is 0 Å². The maximum Gasteiger partial charge on any atom is 0.273 e. The second-order valence-electron chi connectivity index (χ2n) is 5.18. The van der Waals surface area contributed by atoms with E-state index in [9.17, 15) is 9.90 Å². The van der Waals surface area contributed by atoms with Gasteiger partial charge in [0.25, 0.3) is 5.91 Å². The van der Waals surface area contributed by atoms with E-state index in [0.717, 1.165) is 10.6 Å². The number of amides is 1. The van der Waals surface area contributed by atoms with Crippen molar-refractivity contribution in [1.29, 1.82) is 0 Å². The van der Waals surface area contributed by atoms with Gasteiger partial charge in [-0.05, 0) is 26.8 Å². The van der Waals surface area contributed by atoms with Crippen LogP contribution in [0.15, 0.2) is 28.4 Å². The number of likely N-dealkylation sites (N-methyl/N-ethyl adjacent to an activating group) is 1. The first kappa shape index (κ1) is 14.7. The highest BCUT2D eigenvalue weighted by Crippen LogP contribution is 2.24. The summed E-state index contributed by atoms with van der Waals surface area (Å²) in [7, 11) is 0. The molecule has 2 heterocycles. The lowest BCUT2D eigenvalue weighted by molar-refractivity contribution is 0.0312. The third-order valence-corrected chi connectivity index (χ3v) is 3.63. The maximum atomic E-state index is 12.4. The molecule has 2 rings (SSSR count). The highest BCUT2D eigenvalue weighted by molar-refractivity contribution is 7.13. The molecular formula is C14H18N2O3S. The summed E-state index contributed by atoms with van der Waals surface area (Å²) in [6.07, 6.45) is 3.17. The molecule has 2 aromatic rings. The van der Waals surface area contributed by atoms with Crippen molar-refractivity contribution in [2.45, 2.75) is 26.4 Å². The second kappa shape index (κ2) is 5.76. The summed E-state index contributed by atoms with van der Waals surface area (Å²) in [5, 5.41) is 12.3. The van der Waals surface area contributed by atoms with E-state index in [-0.39, 0.29) is 12.5 Å². The van der Waals surface area contributed by atoms with Crippen LogP contribution in [0.1, 0.15) is 31.3 Å². The highest BCUT2D eigenvalue weighted by Gasteiger charge is 2.24. The van der Waals surface area contributed by atoms with Crippen LogP contribution in [0.2, 0.25) is 0 Å². The summed E-state index contributed by atoms with van der Waals surface area (Å²) in [4.78, 5) is 18.3. The number of carbonyl (C=O) groups excluding carboxylic acids is 1. The van der Waals surface area contributed by atoms with Gasteiger partial charge < -0.3 is 14.4 Å². The largest absolute Gasteiger partial charge is 0.472 e. The van der Waals surface area contributed by atoms with E-state index in [0.29, 0.717) is 12.2 Å². The number of nitrogens with zero attached hydrogens (tertiary/aromatic N) is 2. The Morgan fingerprint density at radius 3 is 2.85 bits per heavy atom. The first-order valence-electron chi connectivity index (χ1n) is 6.40. The lowest BCUT2D eigenvalue weighted by Gasteiger charge is -2.27. The Labute approximate surface area is 121 Å². The molecule has 0 atom stereocenters. The Bertz CT molecular complexity index is 570. The second-order valence-corrected chi connectivity index (χ2v) is 6.04. The molecule has 0 bridgehead atoms. The Balaban J connectivity index is 2.16. The van der Waals surface area contributed by atoms with Crippen molar-refractivity contribution in [1.82, 2.24) is 9.88 Å². The van der Waals surface area contributed by atoms with Gasteiger partial charge in [0.1, 0.15) is 17.0 Å². The van der Waals surface area contributed by atoms with E-state index in [4.69, 9.17) is 4.42 Å². The highest BCUT2D eigenvalue weighted by atomic mass is 32.1. The van der Waals surface area contributed by atoms with Crippen molar-refractivity contribution in [2.24, 2.45) is 0 Å². The smallest absolute Gasteiger partial charge is 0.273 e. The van der Waals surface area contributed by atoms with Gasteiger partial charge in [-0.2, -0.15) is 0 Å². The van der Waals surface area contributed by atoms with E-state index < -0.39 is 5.60 Å². The predicted molar refractivity (Wildman–Crippen MR) is 77.7 cm³/mol. The lowest BCUT2D eigenvalue weighted by Crippen LogP contribution is -2.42. The molecule has 0 unspecified atom stereocenters. The molecule has 6 heteroatoms. The number of hydrogen-bond acceptors (Lipinski definition) is 5. The molecule has 1 N–H and O–H groups in total. The summed E-state index contributed by atoms with van der Waals surface area (Å²) in [5.41, 5.74) is 0.339. The number of aliphatic hydroxyl groups is 1. The molecule has 0 aromatic carbocycles. The van der Waals surface area contributed by atoms with Crippen LogP contribution in [0.5, 0.6) is 0 Å². The Morgan fingerprint density at radius 1 is 1.55 bits per heavy atom. The predicted octanol–water partition coefficient (Wildman–Crippen LogP) is 2.64. The molecule has 2 aromatic heterocycles. The van der Waals surface area contributed by atoms with Gasteiger partial charge in [-0.1, -0.05) is 0 Å². The van der Waals surface area contributed by atoms with E-state index in [1.165, 1.54) is 11.3 Å². The molecule has 5 nitrogen and oxygen atoms in total. The minimum atomic E-state index is -0.922. The number of furan rings is 1. The number of hydrogen-bond donors (Lipinski definition) is 1. The summed E-state index contributed by atoms with van der Waals surface area (Å²) >= 11 is 1.40. The number of rotatable bonds is 5. The molecule has 0 saturated carbocycles. The Morgan fingerprint density at radius 2 is 2.30 bits per heavy atom. The van der Waals surface area contributed by atoms with Gasteiger partial charge >= 0.3 is 0 Å². The Kier molecular flexibility index (Phi) is 4.25. The average molecular weight is 294 g/mol. The third-order valence-electron chi connectivity index (χ3n) is 2.74. The summed E-state index contributed by atoms with van der Waals surface area (Å²) < 4.78 is 5.01. The fraction of sp³-hybridized carbons (Fsp3) is 0.429. The van der Waals surface area contributed by atoms with Gasteiger partial charge in [-0.3, -0.25) is 4.79 Å². The molecule has 0 saturated heterocycles. The first-order chi connectivity index (χ1) is 9.40. The van der Waals surface area contributed by atoms with E-state index in [1.807, 2.05) is 13.0 Å². The zero-order valence-electron chi connectivity index (χ0n) is 11.8. The fourth-order valence-corrected chi connectivity index (χ4v) is 2.63. The number of aromatic nitrogens is 1. The van der Waals surface area contributed by atoms with Crippen molar-refractivity contribution in [2.75, 3.05) is 13.1 Å². The molecular weight excluding hydrogens is 276 g/mol. The lowest BCUT2D eigenvalue weighted by atomic mass is 10.1. The van der Waals surface area contributed by atoms with Crippen LogP contribution in [0, 0.1) is 0 Å². The molecule has 20 heavy (non-hydrogen) atoms. The van der Waals surface area contributed by atoms with Crippen LogP contribution in [-0.4, -0.2) is 39.6 Å². The zero-order chi connectivity index (χ0) is 14.8. The van der Waals surface area contributed by atoms with Gasteiger partial charge in [-0.25, -0.2) is 4.98 Å². The van der Waals surface area contributed by atoms with E-state index in [1.54, 1.807) is 36.7 Å². The molecule has 0 aliphatic heterocycles. The summed E-state index contributed by atoms with van der Waals surface area (Å²) in [6.45, 7) is 6.05. The van der Waals surface area contributed by atoms with E-state index in [2.05, 4.69) is 4.98 Å². The molecule has 0 spiro atoms. The first-order valence-corrected chi connectivity index (χ1v) is 7.28. The van der Waals surface area contributed by atoms with Crippen molar-refractivity contribution >= 4 is 17.2 Å². The number of carbonyl (C=O) groups is 1. The maximum absolute atomic E-state index is 12.4. The minimum absolute atomic E-state index is 0.166. The molecule has 108 valence electrons.